The van der Waals surface area contributed by atoms with Crippen molar-refractivity contribution in [3.8, 4) is 11.4 Å². The summed E-state index contributed by atoms with van der Waals surface area (Å²) in [7, 11) is 0. The van der Waals surface area contributed by atoms with E-state index in [-0.39, 0.29) is 0 Å². The molecule has 62 valence electrons. The Hall–Kier alpha value is -2.15. The number of benzene rings is 1. The highest BCUT2D eigenvalue weighted by atomic mass is 16.5. The Morgan fingerprint density at radius 1 is 1.23 bits per heavy atom. The Bertz CT molecular complexity index is 425. The zero-order chi connectivity index (χ0) is 9.10. The van der Waals surface area contributed by atoms with Crippen LogP contribution in [0.3, 0.4) is 0 Å². The molecule has 0 unspecified atom stereocenters. The summed E-state index contributed by atoms with van der Waals surface area (Å²) in [5.41, 5.74) is 1.45. The van der Waals surface area contributed by atoms with Crippen LogP contribution in [0.15, 0.2) is 35.2 Å². The van der Waals surface area contributed by atoms with Gasteiger partial charge in [0.15, 0.2) is 5.69 Å². The predicted molar refractivity (Wildman–Crippen MR) is 46.0 cm³/mol. The quantitative estimate of drug-likeness (QED) is 0.618. The highest BCUT2D eigenvalue weighted by molar-refractivity contribution is 5.59. The van der Waals surface area contributed by atoms with E-state index in [0.29, 0.717) is 11.5 Å². The third-order valence-electron chi connectivity index (χ3n) is 1.62. The minimum Gasteiger partial charge on any atom is -0.342 e. The molecule has 0 atom stereocenters. The van der Waals surface area contributed by atoms with E-state index in [0.717, 1.165) is 5.56 Å². The van der Waals surface area contributed by atoms with Gasteiger partial charge in [-0.2, -0.15) is 4.98 Å². The van der Waals surface area contributed by atoms with Crippen LogP contribution < -0.4 is 0 Å². The van der Waals surface area contributed by atoms with E-state index in [1.54, 1.807) is 24.3 Å². The number of hydrogen-bond donors (Lipinski definition) is 0. The lowest BCUT2D eigenvalue weighted by Crippen LogP contribution is -1.77. The van der Waals surface area contributed by atoms with Crippen molar-refractivity contribution < 1.29 is 4.52 Å². The Kier molecular flexibility index (Phi) is 1.77. The maximum absolute atomic E-state index is 6.76. The van der Waals surface area contributed by atoms with E-state index in [9.17, 15) is 0 Å². The van der Waals surface area contributed by atoms with Gasteiger partial charge in [0, 0.05) is 5.56 Å². The minimum absolute atomic E-state index is 0.538. The van der Waals surface area contributed by atoms with Crippen molar-refractivity contribution in [2.24, 2.45) is 0 Å². The third kappa shape index (κ3) is 1.40. The van der Waals surface area contributed by atoms with E-state index >= 15 is 0 Å². The molecular weight excluding hydrogens is 166 g/mol. The molecule has 0 amide bonds. The largest absolute Gasteiger partial charge is 0.342 e. The maximum atomic E-state index is 6.76. The molecule has 0 aliphatic carbocycles. The van der Waals surface area contributed by atoms with E-state index in [1.807, 2.05) is 0 Å². The van der Waals surface area contributed by atoms with Crippen molar-refractivity contribution in [3.63, 3.8) is 0 Å². The van der Waals surface area contributed by atoms with E-state index in [2.05, 4.69) is 19.5 Å². The van der Waals surface area contributed by atoms with Crippen LogP contribution in [0.2, 0.25) is 0 Å². The van der Waals surface area contributed by atoms with Crippen LogP contribution in [0.4, 0.5) is 5.69 Å². The second-order valence-corrected chi connectivity index (χ2v) is 2.41. The third-order valence-corrected chi connectivity index (χ3v) is 1.62. The molecule has 2 aromatic rings. The maximum Gasteiger partial charge on any atom is 0.214 e. The number of hydrogen-bond acceptors (Lipinski definition) is 3. The first-order valence-corrected chi connectivity index (χ1v) is 3.64. The molecule has 0 N–H and O–H groups in total. The summed E-state index contributed by atoms with van der Waals surface area (Å²) in [6, 6.07) is 7.02. The highest BCUT2D eigenvalue weighted by Crippen LogP contribution is 2.18. The van der Waals surface area contributed by atoms with Crippen LogP contribution in [0.5, 0.6) is 0 Å². The second-order valence-electron chi connectivity index (χ2n) is 2.41. The van der Waals surface area contributed by atoms with Crippen molar-refractivity contribution in [2.45, 2.75) is 0 Å². The molecule has 1 aromatic heterocycles. The smallest absolute Gasteiger partial charge is 0.214 e. The second kappa shape index (κ2) is 3.07. The van der Waals surface area contributed by atoms with Gasteiger partial charge in [-0.15, -0.1) is 0 Å². The normalized spacial score (nSPS) is 9.46. The first-order valence-electron chi connectivity index (χ1n) is 3.64. The lowest BCUT2D eigenvalue weighted by atomic mass is 10.2. The molecule has 4 heteroatoms. The van der Waals surface area contributed by atoms with Crippen LogP contribution in [0.1, 0.15) is 0 Å². The van der Waals surface area contributed by atoms with Crippen molar-refractivity contribution >= 4 is 5.69 Å². The predicted octanol–water partition coefficient (Wildman–Crippen LogP) is 2.29. The standard InChI is InChI=1S/C9H5N3O/c1-10-8-4-2-7(3-5-8)9-11-6-13-12-9/h2-6H. The summed E-state index contributed by atoms with van der Waals surface area (Å²) < 4.78 is 4.60. The van der Waals surface area contributed by atoms with Crippen molar-refractivity contribution in [1.82, 2.24) is 10.1 Å². The summed E-state index contributed by atoms with van der Waals surface area (Å²) in [5, 5.41) is 3.68. The van der Waals surface area contributed by atoms with Crippen LogP contribution >= 0.6 is 0 Å². The molecule has 0 bridgehead atoms. The molecule has 0 saturated carbocycles. The Morgan fingerprint density at radius 2 is 2.00 bits per heavy atom. The van der Waals surface area contributed by atoms with Crippen molar-refractivity contribution in [2.75, 3.05) is 0 Å². The molecular formula is C9H5N3O. The fourth-order valence-corrected chi connectivity index (χ4v) is 0.983. The summed E-state index contributed by atoms with van der Waals surface area (Å²) in [5.74, 6) is 0.538. The van der Waals surface area contributed by atoms with E-state index < -0.39 is 0 Å². The van der Waals surface area contributed by atoms with E-state index in [1.165, 1.54) is 6.39 Å². The Morgan fingerprint density at radius 3 is 2.54 bits per heavy atom. The van der Waals surface area contributed by atoms with Crippen LogP contribution in [0, 0.1) is 6.57 Å². The molecule has 0 radical (unpaired) electrons. The summed E-state index contributed by atoms with van der Waals surface area (Å²) in [4.78, 5) is 7.17. The fraction of sp³-hybridized carbons (Fsp3) is 0. The van der Waals surface area contributed by atoms with Gasteiger partial charge in [-0.25, -0.2) is 4.85 Å². The molecule has 1 heterocycles. The van der Waals surface area contributed by atoms with Gasteiger partial charge in [0.2, 0.25) is 12.2 Å². The van der Waals surface area contributed by atoms with Crippen molar-refractivity contribution in [1.29, 1.82) is 0 Å². The molecule has 1 aromatic carbocycles. The SMILES string of the molecule is [C-]#[N+]c1ccc(-c2ncon2)cc1. The first-order chi connectivity index (χ1) is 6.40. The monoisotopic (exact) mass is 171 g/mol. The van der Waals surface area contributed by atoms with Crippen molar-refractivity contribution in [3.05, 3.63) is 42.1 Å². The van der Waals surface area contributed by atoms with Gasteiger partial charge < -0.3 is 4.52 Å². The molecule has 2 rings (SSSR count). The topological polar surface area (TPSA) is 43.3 Å². The molecule has 0 aliphatic rings. The molecule has 0 saturated heterocycles. The zero-order valence-electron chi connectivity index (χ0n) is 6.64. The molecule has 13 heavy (non-hydrogen) atoms. The van der Waals surface area contributed by atoms with Gasteiger partial charge in [0.25, 0.3) is 0 Å². The summed E-state index contributed by atoms with van der Waals surface area (Å²) in [6.07, 6.45) is 1.28. The Labute approximate surface area is 74.6 Å². The molecule has 0 spiro atoms. The number of aromatic nitrogens is 2. The van der Waals surface area contributed by atoms with Crippen LogP contribution in [-0.2, 0) is 0 Å². The summed E-state index contributed by atoms with van der Waals surface area (Å²) >= 11 is 0. The fourth-order valence-electron chi connectivity index (χ4n) is 0.983. The molecule has 0 fully saturated rings. The first kappa shape index (κ1) is 7.50. The average molecular weight is 171 g/mol. The van der Waals surface area contributed by atoms with Gasteiger partial charge in [-0.1, -0.05) is 29.4 Å². The number of rotatable bonds is 1. The van der Waals surface area contributed by atoms with Gasteiger partial charge in [-0.3, -0.25) is 0 Å². The van der Waals surface area contributed by atoms with E-state index in [4.69, 9.17) is 6.57 Å². The Balaban J connectivity index is 2.40. The van der Waals surface area contributed by atoms with Crippen LogP contribution in [-0.4, -0.2) is 10.1 Å². The number of nitrogens with zero attached hydrogens (tertiary/aromatic N) is 3. The average Bonchev–Trinajstić information content (AvgIpc) is 2.71. The van der Waals surface area contributed by atoms with Gasteiger partial charge in [0.05, 0.1) is 6.57 Å². The minimum atomic E-state index is 0.538. The molecule has 0 aliphatic heterocycles. The van der Waals surface area contributed by atoms with Gasteiger partial charge >= 0.3 is 0 Å². The highest BCUT2D eigenvalue weighted by Gasteiger charge is 2.01. The van der Waals surface area contributed by atoms with Crippen LogP contribution in [0.25, 0.3) is 16.2 Å². The lowest BCUT2D eigenvalue weighted by Gasteiger charge is -1.92. The molecule has 4 nitrogen and oxygen atoms in total. The van der Waals surface area contributed by atoms with Gasteiger partial charge in [-0.05, 0) is 0 Å². The van der Waals surface area contributed by atoms with Gasteiger partial charge in [0.1, 0.15) is 0 Å². The summed E-state index contributed by atoms with van der Waals surface area (Å²) in [6.45, 7) is 6.76. The zero-order valence-corrected chi connectivity index (χ0v) is 6.64. The lowest BCUT2D eigenvalue weighted by molar-refractivity contribution is 0.419.